The van der Waals surface area contributed by atoms with E-state index < -0.39 is 19.3 Å². The molecular formula is C10H10F2O2. The van der Waals surface area contributed by atoms with Crippen molar-refractivity contribution >= 4 is 5.97 Å². The van der Waals surface area contributed by atoms with Crippen molar-refractivity contribution in [2.45, 2.75) is 19.8 Å². The lowest BCUT2D eigenvalue weighted by molar-refractivity contribution is -0.136. The molecule has 0 amide bonds. The summed E-state index contributed by atoms with van der Waals surface area (Å²) in [5.41, 5.74) is 1.02. The van der Waals surface area contributed by atoms with E-state index in [0.717, 1.165) is 0 Å². The summed E-state index contributed by atoms with van der Waals surface area (Å²) >= 11 is 0. The van der Waals surface area contributed by atoms with Gasteiger partial charge in [-0.15, -0.1) is 0 Å². The van der Waals surface area contributed by atoms with Gasteiger partial charge in [0.25, 0.3) is 0 Å². The molecule has 0 unspecified atom stereocenters. The Balaban J connectivity index is 2.98. The summed E-state index contributed by atoms with van der Waals surface area (Å²) in [6.45, 7) is -1.43. The molecule has 0 aliphatic rings. The van der Waals surface area contributed by atoms with Gasteiger partial charge in [0, 0.05) is 0 Å². The van der Waals surface area contributed by atoms with E-state index in [9.17, 15) is 13.6 Å². The van der Waals surface area contributed by atoms with E-state index >= 15 is 0 Å². The van der Waals surface area contributed by atoms with Gasteiger partial charge >= 0.3 is 5.97 Å². The minimum absolute atomic E-state index is 0.230. The van der Waals surface area contributed by atoms with E-state index in [1.807, 2.05) is 0 Å². The van der Waals surface area contributed by atoms with E-state index in [2.05, 4.69) is 0 Å². The molecule has 0 atom stereocenters. The average Bonchev–Trinajstić information content (AvgIpc) is 2.17. The summed E-state index contributed by atoms with van der Waals surface area (Å²) in [6, 6.07) is 4.29. The van der Waals surface area contributed by atoms with Crippen LogP contribution >= 0.6 is 0 Å². The molecule has 0 heterocycles. The number of aliphatic carboxylic acids is 1. The van der Waals surface area contributed by atoms with Crippen molar-refractivity contribution in [1.29, 1.82) is 0 Å². The van der Waals surface area contributed by atoms with Crippen LogP contribution in [0.1, 0.15) is 16.7 Å². The zero-order chi connectivity index (χ0) is 10.6. The maximum atomic E-state index is 12.4. The van der Waals surface area contributed by atoms with Gasteiger partial charge in [-0.05, 0) is 16.7 Å². The number of alkyl halides is 2. The largest absolute Gasteiger partial charge is 0.481 e. The second-order valence-corrected chi connectivity index (χ2v) is 2.94. The molecule has 1 aromatic carbocycles. The zero-order valence-corrected chi connectivity index (χ0v) is 7.46. The summed E-state index contributed by atoms with van der Waals surface area (Å²) in [5, 5.41) is 8.52. The summed E-state index contributed by atoms with van der Waals surface area (Å²) in [5.74, 6) is -1.02. The number of carboxylic acids is 1. The van der Waals surface area contributed by atoms with Gasteiger partial charge in [0.05, 0.1) is 6.42 Å². The average molecular weight is 200 g/mol. The Bertz CT molecular complexity index is 337. The lowest BCUT2D eigenvalue weighted by Crippen LogP contribution is -2.03. The predicted octanol–water partition coefficient (Wildman–Crippen LogP) is 2.25. The molecule has 0 bridgehead atoms. The fourth-order valence-corrected chi connectivity index (χ4v) is 1.22. The standard InChI is InChI=1S/C10H10F2O2/c11-5-7-1-2-8(4-10(13)14)9(3-7)6-12/h1-3H,4-6H2,(H,13,14). The molecule has 1 N–H and O–H groups in total. The lowest BCUT2D eigenvalue weighted by Gasteiger charge is -2.05. The van der Waals surface area contributed by atoms with Gasteiger partial charge in [-0.1, -0.05) is 18.2 Å². The van der Waals surface area contributed by atoms with E-state index in [0.29, 0.717) is 11.1 Å². The van der Waals surface area contributed by atoms with Gasteiger partial charge in [0.2, 0.25) is 0 Å². The van der Waals surface area contributed by atoms with Crippen molar-refractivity contribution in [2.24, 2.45) is 0 Å². The van der Waals surface area contributed by atoms with Crippen LogP contribution in [0.25, 0.3) is 0 Å². The fourth-order valence-electron chi connectivity index (χ4n) is 1.22. The molecule has 76 valence electrons. The molecule has 0 saturated carbocycles. The number of hydrogen-bond donors (Lipinski definition) is 1. The molecule has 0 radical (unpaired) electrons. The summed E-state index contributed by atoms with van der Waals surface area (Å²) in [6.07, 6.45) is -0.230. The maximum absolute atomic E-state index is 12.4. The number of halogens is 2. The van der Waals surface area contributed by atoms with Crippen molar-refractivity contribution in [1.82, 2.24) is 0 Å². The molecule has 14 heavy (non-hydrogen) atoms. The third-order valence-corrected chi connectivity index (χ3v) is 1.91. The molecule has 0 aliphatic heterocycles. The number of rotatable bonds is 4. The second kappa shape index (κ2) is 4.69. The molecule has 0 fully saturated rings. The minimum Gasteiger partial charge on any atom is -0.481 e. The highest BCUT2D eigenvalue weighted by Gasteiger charge is 2.07. The Morgan fingerprint density at radius 3 is 2.43 bits per heavy atom. The Kier molecular flexibility index (Phi) is 3.56. The summed E-state index contributed by atoms with van der Waals surface area (Å²) < 4.78 is 24.6. The van der Waals surface area contributed by atoms with E-state index in [-0.39, 0.29) is 12.0 Å². The van der Waals surface area contributed by atoms with Crippen molar-refractivity contribution in [3.05, 3.63) is 34.9 Å². The van der Waals surface area contributed by atoms with Gasteiger partial charge in [-0.2, -0.15) is 0 Å². The van der Waals surface area contributed by atoms with Crippen LogP contribution in [0.3, 0.4) is 0 Å². The lowest BCUT2D eigenvalue weighted by atomic mass is 10.0. The van der Waals surface area contributed by atoms with Crippen LogP contribution in [0.15, 0.2) is 18.2 Å². The molecular weight excluding hydrogens is 190 g/mol. The van der Waals surface area contributed by atoms with E-state index in [1.165, 1.54) is 18.2 Å². The molecule has 0 saturated heterocycles. The van der Waals surface area contributed by atoms with Crippen LogP contribution in [0.2, 0.25) is 0 Å². The van der Waals surface area contributed by atoms with Gasteiger partial charge in [0.15, 0.2) is 0 Å². The molecule has 0 spiro atoms. The first kappa shape index (κ1) is 10.6. The second-order valence-electron chi connectivity index (χ2n) is 2.94. The maximum Gasteiger partial charge on any atom is 0.307 e. The molecule has 4 heteroatoms. The fraction of sp³-hybridized carbons (Fsp3) is 0.300. The first-order chi connectivity index (χ1) is 6.67. The highest BCUT2D eigenvalue weighted by Crippen LogP contribution is 2.15. The van der Waals surface area contributed by atoms with Crippen LogP contribution in [0.4, 0.5) is 8.78 Å². The van der Waals surface area contributed by atoms with Crippen LogP contribution in [-0.4, -0.2) is 11.1 Å². The molecule has 0 aliphatic carbocycles. The Labute approximate surface area is 80.2 Å². The van der Waals surface area contributed by atoms with Crippen LogP contribution in [-0.2, 0) is 24.6 Å². The third kappa shape index (κ3) is 2.52. The Morgan fingerprint density at radius 2 is 1.93 bits per heavy atom. The predicted molar refractivity (Wildman–Crippen MR) is 47.4 cm³/mol. The Morgan fingerprint density at radius 1 is 1.21 bits per heavy atom. The first-order valence-electron chi connectivity index (χ1n) is 4.11. The summed E-state index contributed by atoms with van der Waals surface area (Å²) in [7, 11) is 0. The van der Waals surface area contributed by atoms with E-state index in [1.54, 1.807) is 0 Å². The smallest absolute Gasteiger partial charge is 0.307 e. The number of hydrogen-bond acceptors (Lipinski definition) is 1. The molecule has 0 aromatic heterocycles. The molecule has 1 rings (SSSR count). The molecule has 2 nitrogen and oxygen atoms in total. The van der Waals surface area contributed by atoms with Crippen molar-refractivity contribution in [3.63, 3.8) is 0 Å². The monoisotopic (exact) mass is 200 g/mol. The highest BCUT2D eigenvalue weighted by atomic mass is 19.1. The highest BCUT2D eigenvalue weighted by molar-refractivity contribution is 5.70. The quantitative estimate of drug-likeness (QED) is 0.809. The van der Waals surface area contributed by atoms with Crippen LogP contribution < -0.4 is 0 Å². The van der Waals surface area contributed by atoms with Gasteiger partial charge in [-0.3, -0.25) is 4.79 Å². The number of carboxylic acid groups (broad SMARTS) is 1. The van der Waals surface area contributed by atoms with Gasteiger partial charge in [-0.25, -0.2) is 8.78 Å². The van der Waals surface area contributed by atoms with Crippen molar-refractivity contribution in [3.8, 4) is 0 Å². The third-order valence-electron chi connectivity index (χ3n) is 1.91. The molecule has 1 aromatic rings. The van der Waals surface area contributed by atoms with Crippen molar-refractivity contribution < 1.29 is 18.7 Å². The topological polar surface area (TPSA) is 37.3 Å². The SMILES string of the molecule is O=C(O)Cc1ccc(CF)cc1CF. The van der Waals surface area contributed by atoms with Crippen LogP contribution in [0.5, 0.6) is 0 Å². The number of benzene rings is 1. The van der Waals surface area contributed by atoms with Gasteiger partial charge in [0.1, 0.15) is 13.3 Å². The van der Waals surface area contributed by atoms with Crippen molar-refractivity contribution in [2.75, 3.05) is 0 Å². The summed E-state index contributed by atoms with van der Waals surface area (Å²) in [4.78, 5) is 10.4. The minimum atomic E-state index is -1.02. The normalized spacial score (nSPS) is 10.1. The van der Waals surface area contributed by atoms with Crippen LogP contribution in [0, 0.1) is 0 Å². The van der Waals surface area contributed by atoms with Gasteiger partial charge < -0.3 is 5.11 Å². The zero-order valence-electron chi connectivity index (χ0n) is 7.46. The number of carbonyl (C=O) groups is 1. The first-order valence-corrected chi connectivity index (χ1v) is 4.11. The van der Waals surface area contributed by atoms with E-state index in [4.69, 9.17) is 5.11 Å². The Hall–Kier alpha value is -1.45.